The first-order valence-electron chi connectivity index (χ1n) is 4.11. The van der Waals surface area contributed by atoms with Crippen LogP contribution in [0, 0.1) is 6.92 Å². The summed E-state index contributed by atoms with van der Waals surface area (Å²) in [6, 6.07) is 0. The molecule has 0 aliphatic carbocycles. The maximum absolute atomic E-state index is 11.4. The van der Waals surface area contributed by atoms with Crippen LogP contribution in [0.1, 0.15) is 17.7 Å². The van der Waals surface area contributed by atoms with Crippen molar-refractivity contribution in [3.05, 3.63) is 21.6 Å². The Morgan fingerprint density at radius 3 is 2.85 bits per heavy atom. The number of aryl methyl sites for hydroxylation is 1. The first kappa shape index (κ1) is 10.1. The molecular formula is C8H13N3OS. The molecule has 0 aliphatic heterocycles. The summed E-state index contributed by atoms with van der Waals surface area (Å²) in [4.78, 5) is 17.8. The van der Waals surface area contributed by atoms with Crippen molar-refractivity contribution in [1.29, 1.82) is 0 Å². The van der Waals surface area contributed by atoms with E-state index in [1.54, 1.807) is 6.92 Å². The van der Waals surface area contributed by atoms with E-state index in [9.17, 15) is 4.79 Å². The number of nitrogens with two attached hydrogens (primary N) is 1. The molecule has 1 aromatic heterocycles. The molecule has 0 saturated carbocycles. The molecule has 0 unspecified atom stereocenters. The highest BCUT2D eigenvalue weighted by Crippen LogP contribution is 2.03. The van der Waals surface area contributed by atoms with E-state index in [0.29, 0.717) is 17.7 Å². The maximum Gasteiger partial charge on any atom is 0.255 e. The molecule has 0 aliphatic rings. The van der Waals surface area contributed by atoms with E-state index in [1.165, 1.54) is 0 Å². The molecule has 5 heteroatoms. The van der Waals surface area contributed by atoms with Crippen molar-refractivity contribution in [2.45, 2.75) is 19.8 Å². The molecule has 72 valence electrons. The summed E-state index contributed by atoms with van der Waals surface area (Å²) in [5, 5.41) is 0. The lowest BCUT2D eigenvalue weighted by atomic mass is 10.1. The van der Waals surface area contributed by atoms with Crippen LogP contribution in [-0.2, 0) is 6.42 Å². The molecule has 0 atom stereocenters. The molecule has 1 rings (SSSR count). The Labute approximate surface area is 82.0 Å². The molecule has 0 saturated heterocycles. The summed E-state index contributed by atoms with van der Waals surface area (Å²) < 4.78 is 0. The Balaban J connectivity index is 2.99. The van der Waals surface area contributed by atoms with Gasteiger partial charge in [-0.15, -0.1) is 0 Å². The lowest BCUT2D eigenvalue weighted by Gasteiger charge is -2.03. The van der Waals surface area contributed by atoms with Crippen molar-refractivity contribution in [3.8, 4) is 0 Å². The van der Waals surface area contributed by atoms with Crippen LogP contribution >= 0.6 is 12.6 Å². The second-order valence-corrected chi connectivity index (χ2v) is 3.29. The highest BCUT2D eigenvalue weighted by atomic mass is 32.1. The fourth-order valence-electron chi connectivity index (χ4n) is 1.18. The van der Waals surface area contributed by atoms with E-state index in [0.717, 1.165) is 12.2 Å². The number of nitrogen functional groups attached to an aromatic ring is 1. The minimum absolute atomic E-state index is 0.133. The van der Waals surface area contributed by atoms with Crippen molar-refractivity contribution in [3.63, 3.8) is 0 Å². The Morgan fingerprint density at radius 2 is 2.31 bits per heavy atom. The molecule has 1 aromatic rings. The lowest BCUT2D eigenvalue weighted by molar-refractivity contribution is 0.879. The van der Waals surface area contributed by atoms with Crippen LogP contribution in [0.5, 0.6) is 0 Å². The van der Waals surface area contributed by atoms with Gasteiger partial charge in [0, 0.05) is 11.3 Å². The molecule has 4 nitrogen and oxygen atoms in total. The minimum Gasteiger partial charge on any atom is -0.369 e. The summed E-state index contributed by atoms with van der Waals surface area (Å²) in [7, 11) is 0. The van der Waals surface area contributed by atoms with Crippen LogP contribution in [0.15, 0.2) is 4.79 Å². The molecule has 0 radical (unpaired) electrons. The largest absolute Gasteiger partial charge is 0.369 e. The highest BCUT2D eigenvalue weighted by molar-refractivity contribution is 7.80. The number of nitrogens with zero attached hydrogens (tertiary/aromatic N) is 1. The van der Waals surface area contributed by atoms with Crippen LogP contribution in [0.3, 0.4) is 0 Å². The number of aromatic amines is 1. The topological polar surface area (TPSA) is 71.8 Å². The molecule has 0 bridgehead atoms. The van der Waals surface area contributed by atoms with Crippen LogP contribution in [-0.4, -0.2) is 15.7 Å². The smallest absolute Gasteiger partial charge is 0.255 e. The molecule has 0 aromatic carbocycles. The first-order chi connectivity index (χ1) is 6.15. The van der Waals surface area contributed by atoms with Gasteiger partial charge < -0.3 is 5.73 Å². The standard InChI is InChI=1S/C8H13N3OS/c1-5-6(3-2-4-13)7(12)11-8(9)10-5/h13H,2-4H2,1H3,(H3,9,10,11,12). The number of rotatable bonds is 3. The number of aromatic nitrogens is 2. The summed E-state index contributed by atoms with van der Waals surface area (Å²) in [6.07, 6.45) is 1.58. The van der Waals surface area contributed by atoms with Gasteiger partial charge in [0.2, 0.25) is 5.95 Å². The van der Waals surface area contributed by atoms with Gasteiger partial charge in [-0.05, 0) is 25.5 Å². The van der Waals surface area contributed by atoms with Crippen molar-refractivity contribution < 1.29 is 0 Å². The number of thiol groups is 1. The van der Waals surface area contributed by atoms with E-state index < -0.39 is 0 Å². The zero-order valence-electron chi connectivity index (χ0n) is 7.50. The third-order valence-corrected chi connectivity index (χ3v) is 2.14. The second-order valence-electron chi connectivity index (χ2n) is 2.84. The van der Waals surface area contributed by atoms with Gasteiger partial charge >= 0.3 is 0 Å². The van der Waals surface area contributed by atoms with Gasteiger partial charge in [0.15, 0.2) is 0 Å². The molecular weight excluding hydrogens is 186 g/mol. The fourth-order valence-corrected chi connectivity index (χ4v) is 1.34. The van der Waals surface area contributed by atoms with Crippen molar-refractivity contribution in [2.75, 3.05) is 11.5 Å². The van der Waals surface area contributed by atoms with E-state index in [4.69, 9.17) is 5.73 Å². The number of nitrogens with one attached hydrogen (secondary N) is 1. The van der Waals surface area contributed by atoms with Crippen molar-refractivity contribution in [1.82, 2.24) is 9.97 Å². The van der Waals surface area contributed by atoms with Crippen LogP contribution < -0.4 is 11.3 Å². The number of anilines is 1. The third kappa shape index (κ3) is 2.48. The highest BCUT2D eigenvalue weighted by Gasteiger charge is 2.05. The van der Waals surface area contributed by atoms with Gasteiger partial charge in [0.05, 0.1) is 0 Å². The predicted octanol–water partition coefficient (Wildman–Crippen LogP) is 0.523. The van der Waals surface area contributed by atoms with Crippen LogP contribution in [0.2, 0.25) is 0 Å². The minimum atomic E-state index is -0.133. The summed E-state index contributed by atoms with van der Waals surface area (Å²) >= 11 is 4.08. The summed E-state index contributed by atoms with van der Waals surface area (Å²) in [5.41, 5.74) is 6.67. The van der Waals surface area contributed by atoms with E-state index >= 15 is 0 Å². The average Bonchev–Trinajstić information content (AvgIpc) is 2.02. The lowest BCUT2D eigenvalue weighted by Crippen LogP contribution is -2.18. The normalized spacial score (nSPS) is 10.3. The van der Waals surface area contributed by atoms with Crippen LogP contribution in [0.25, 0.3) is 0 Å². The van der Waals surface area contributed by atoms with Crippen molar-refractivity contribution in [2.24, 2.45) is 0 Å². The first-order valence-corrected chi connectivity index (χ1v) is 4.74. The van der Waals surface area contributed by atoms with Crippen LogP contribution in [0.4, 0.5) is 5.95 Å². The fraction of sp³-hybridized carbons (Fsp3) is 0.500. The third-order valence-electron chi connectivity index (χ3n) is 1.83. The van der Waals surface area contributed by atoms with Gasteiger partial charge in [0.25, 0.3) is 5.56 Å². The molecule has 3 N–H and O–H groups in total. The van der Waals surface area contributed by atoms with E-state index in [1.807, 2.05) is 0 Å². The molecule has 13 heavy (non-hydrogen) atoms. The van der Waals surface area contributed by atoms with Gasteiger partial charge in [-0.3, -0.25) is 9.78 Å². The Kier molecular flexibility index (Phi) is 3.36. The van der Waals surface area contributed by atoms with Gasteiger partial charge in [0.1, 0.15) is 0 Å². The second kappa shape index (κ2) is 4.32. The number of hydrogen-bond acceptors (Lipinski definition) is 4. The Morgan fingerprint density at radius 1 is 1.62 bits per heavy atom. The number of H-pyrrole nitrogens is 1. The summed E-state index contributed by atoms with van der Waals surface area (Å²) in [5.74, 6) is 0.945. The Bertz CT molecular complexity index is 348. The molecule has 0 amide bonds. The van der Waals surface area contributed by atoms with Gasteiger partial charge in [-0.2, -0.15) is 12.6 Å². The van der Waals surface area contributed by atoms with Gasteiger partial charge in [-0.25, -0.2) is 4.98 Å². The zero-order valence-corrected chi connectivity index (χ0v) is 8.40. The van der Waals surface area contributed by atoms with E-state index in [-0.39, 0.29) is 11.5 Å². The Hall–Kier alpha value is -0.970. The monoisotopic (exact) mass is 199 g/mol. The van der Waals surface area contributed by atoms with Crippen molar-refractivity contribution >= 4 is 18.6 Å². The predicted molar refractivity (Wildman–Crippen MR) is 56.2 cm³/mol. The average molecular weight is 199 g/mol. The maximum atomic E-state index is 11.4. The molecule has 1 heterocycles. The van der Waals surface area contributed by atoms with E-state index in [2.05, 4.69) is 22.6 Å². The molecule has 0 fully saturated rings. The molecule has 0 spiro atoms. The number of hydrogen-bond donors (Lipinski definition) is 3. The SMILES string of the molecule is Cc1nc(N)[nH]c(=O)c1CCCS. The van der Waals surface area contributed by atoms with Gasteiger partial charge in [-0.1, -0.05) is 0 Å². The quantitative estimate of drug-likeness (QED) is 0.622. The zero-order chi connectivity index (χ0) is 9.84. The summed E-state index contributed by atoms with van der Waals surface area (Å²) in [6.45, 7) is 1.79.